The molecule has 0 aliphatic heterocycles. The first-order valence-electron chi connectivity index (χ1n) is 6.77. The third kappa shape index (κ3) is 4.96. The summed E-state index contributed by atoms with van der Waals surface area (Å²) in [5.41, 5.74) is 1.05. The average Bonchev–Trinajstić information content (AvgIpc) is 2.54. The second-order valence-electron chi connectivity index (χ2n) is 4.58. The van der Waals surface area contributed by atoms with E-state index in [0.29, 0.717) is 12.2 Å². The zero-order chi connectivity index (χ0) is 15.7. The van der Waals surface area contributed by atoms with Gasteiger partial charge in [-0.1, -0.05) is 37.3 Å². The van der Waals surface area contributed by atoms with Crippen molar-refractivity contribution in [3.63, 3.8) is 0 Å². The van der Waals surface area contributed by atoms with Crippen molar-refractivity contribution >= 4 is 11.6 Å². The number of aliphatic hydroxyl groups is 1. The molecule has 0 radical (unpaired) electrons. The molecule has 0 fully saturated rings. The highest BCUT2D eigenvalue weighted by Gasteiger charge is 2.20. The van der Waals surface area contributed by atoms with E-state index in [1.165, 1.54) is 0 Å². The molecule has 1 rings (SSSR count). The van der Waals surface area contributed by atoms with Crippen LogP contribution in [0.15, 0.2) is 59.4 Å². The van der Waals surface area contributed by atoms with Crippen molar-refractivity contribution in [1.82, 2.24) is 0 Å². The standard InChI is InChI=1S/C16H20N2O3/c1-3-14(17-21)8-7-11-18(16(20)13(2)12-19)15-9-5-4-6-10-15/h3-10,13,19H,11-12H2,1-2H3/b8-7-,14-3+. The first kappa shape index (κ1) is 16.8. The van der Waals surface area contributed by atoms with Crippen molar-refractivity contribution < 1.29 is 9.90 Å². The predicted molar refractivity (Wildman–Crippen MR) is 83.7 cm³/mol. The van der Waals surface area contributed by atoms with Gasteiger partial charge >= 0.3 is 0 Å². The van der Waals surface area contributed by atoms with Crippen molar-refractivity contribution in [3.8, 4) is 0 Å². The summed E-state index contributed by atoms with van der Waals surface area (Å²) in [6.07, 6.45) is 4.86. The van der Waals surface area contributed by atoms with Crippen molar-refractivity contribution in [3.05, 3.63) is 59.2 Å². The van der Waals surface area contributed by atoms with Crippen LogP contribution in [0, 0.1) is 10.8 Å². The average molecular weight is 288 g/mol. The van der Waals surface area contributed by atoms with Gasteiger partial charge in [-0.05, 0) is 30.3 Å². The number of nitrogens with zero attached hydrogens (tertiary/aromatic N) is 2. The fourth-order valence-corrected chi connectivity index (χ4v) is 1.73. The third-order valence-electron chi connectivity index (χ3n) is 3.01. The van der Waals surface area contributed by atoms with E-state index < -0.39 is 5.92 Å². The summed E-state index contributed by atoms with van der Waals surface area (Å²) in [7, 11) is 0. The SMILES string of the molecule is C/C=C(\C=C/CN(C(=O)C(C)CO)c1ccccc1)N=O. The molecular formula is C16H20N2O3. The Hall–Kier alpha value is -2.27. The quantitative estimate of drug-likeness (QED) is 0.619. The van der Waals surface area contributed by atoms with E-state index >= 15 is 0 Å². The Morgan fingerprint density at radius 2 is 2.05 bits per heavy atom. The maximum Gasteiger partial charge on any atom is 0.232 e. The number of allylic oxidation sites excluding steroid dienone is 2. The van der Waals surface area contributed by atoms with E-state index in [1.807, 2.05) is 30.3 Å². The van der Waals surface area contributed by atoms with Gasteiger partial charge < -0.3 is 10.0 Å². The summed E-state index contributed by atoms with van der Waals surface area (Å²) in [4.78, 5) is 24.4. The van der Waals surface area contributed by atoms with E-state index in [4.69, 9.17) is 5.11 Å². The highest BCUT2D eigenvalue weighted by molar-refractivity contribution is 5.95. The topological polar surface area (TPSA) is 70.0 Å². The highest BCUT2D eigenvalue weighted by atomic mass is 16.3. The maximum absolute atomic E-state index is 12.3. The van der Waals surface area contributed by atoms with Crippen LogP contribution in [0.25, 0.3) is 0 Å². The molecule has 1 atom stereocenters. The Bertz CT molecular complexity index is 524. The van der Waals surface area contributed by atoms with Gasteiger partial charge in [0.05, 0.1) is 12.5 Å². The Morgan fingerprint density at radius 1 is 1.38 bits per heavy atom. The smallest absolute Gasteiger partial charge is 0.232 e. The van der Waals surface area contributed by atoms with Gasteiger partial charge in [0.1, 0.15) is 5.70 Å². The predicted octanol–water partition coefficient (Wildman–Crippen LogP) is 2.87. The Balaban J connectivity index is 2.93. The number of carbonyl (C=O) groups excluding carboxylic acids is 1. The molecule has 5 nitrogen and oxygen atoms in total. The van der Waals surface area contributed by atoms with Crippen LogP contribution < -0.4 is 4.90 Å². The molecule has 0 aliphatic carbocycles. The Morgan fingerprint density at radius 3 is 2.57 bits per heavy atom. The number of benzene rings is 1. The zero-order valence-electron chi connectivity index (χ0n) is 12.3. The molecule has 21 heavy (non-hydrogen) atoms. The fraction of sp³-hybridized carbons (Fsp3) is 0.312. The molecule has 112 valence electrons. The molecule has 5 heteroatoms. The molecule has 1 aromatic carbocycles. The molecule has 0 aliphatic rings. The maximum atomic E-state index is 12.3. The Labute approximate surface area is 124 Å². The van der Waals surface area contributed by atoms with Gasteiger partial charge in [0.25, 0.3) is 0 Å². The van der Waals surface area contributed by atoms with Crippen molar-refractivity contribution in [2.24, 2.45) is 11.1 Å². The number of hydrogen-bond acceptors (Lipinski definition) is 4. The van der Waals surface area contributed by atoms with Crippen LogP contribution in [0.3, 0.4) is 0 Å². The van der Waals surface area contributed by atoms with Gasteiger partial charge in [0.2, 0.25) is 5.91 Å². The van der Waals surface area contributed by atoms with Crippen molar-refractivity contribution in [2.75, 3.05) is 18.1 Å². The van der Waals surface area contributed by atoms with Crippen LogP contribution in [-0.4, -0.2) is 24.2 Å². The van der Waals surface area contributed by atoms with E-state index in [9.17, 15) is 9.70 Å². The second kappa shape index (κ2) is 8.81. The lowest BCUT2D eigenvalue weighted by Gasteiger charge is -2.24. The third-order valence-corrected chi connectivity index (χ3v) is 3.01. The van der Waals surface area contributed by atoms with Crippen LogP contribution in [0.2, 0.25) is 0 Å². The minimum atomic E-state index is -0.482. The molecular weight excluding hydrogens is 268 g/mol. The van der Waals surface area contributed by atoms with Gasteiger partial charge in [-0.2, -0.15) is 0 Å². The van der Waals surface area contributed by atoms with Crippen LogP contribution >= 0.6 is 0 Å². The molecule has 1 N–H and O–H groups in total. The van der Waals surface area contributed by atoms with E-state index in [2.05, 4.69) is 5.18 Å². The first-order chi connectivity index (χ1) is 10.1. The molecule has 0 saturated carbocycles. The normalized spacial score (nSPS) is 13.2. The van der Waals surface area contributed by atoms with E-state index in [1.54, 1.807) is 37.0 Å². The summed E-state index contributed by atoms with van der Waals surface area (Å²) in [6, 6.07) is 9.20. The first-order valence-corrected chi connectivity index (χ1v) is 6.77. The number of anilines is 1. The molecule has 0 heterocycles. The summed E-state index contributed by atoms with van der Waals surface area (Å²) >= 11 is 0. The monoisotopic (exact) mass is 288 g/mol. The van der Waals surface area contributed by atoms with Crippen LogP contribution in [0.5, 0.6) is 0 Å². The molecule has 0 bridgehead atoms. The number of aliphatic hydroxyl groups excluding tert-OH is 1. The Kier molecular flexibility index (Phi) is 7.04. The number of carbonyl (C=O) groups is 1. The van der Waals surface area contributed by atoms with E-state index in [0.717, 1.165) is 5.69 Å². The lowest BCUT2D eigenvalue weighted by molar-refractivity contribution is -0.122. The largest absolute Gasteiger partial charge is 0.396 e. The van der Waals surface area contributed by atoms with Crippen molar-refractivity contribution in [2.45, 2.75) is 13.8 Å². The second-order valence-corrected chi connectivity index (χ2v) is 4.58. The molecule has 0 aromatic heterocycles. The van der Waals surface area contributed by atoms with Crippen LogP contribution in [0.4, 0.5) is 5.69 Å². The summed E-state index contributed by atoms with van der Waals surface area (Å²) in [5.74, 6) is -0.654. The number of rotatable bonds is 7. The van der Waals surface area contributed by atoms with E-state index in [-0.39, 0.29) is 12.5 Å². The van der Waals surface area contributed by atoms with Crippen LogP contribution in [-0.2, 0) is 4.79 Å². The van der Waals surface area contributed by atoms with Gasteiger partial charge in [-0.3, -0.25) is 4.79 Å². The minimum absolute atomic E-state index is 0.172. The van der Waals surface area contributed by atoms with Gasteiger partial charge in [0.15, 0.2) is 0 Å². The number of para-hydroxylation sites is 1. The molecule has 0 saturated heterocycles. The summed E-state index contributed by atoms with van der Waals surface area (Å²) in [6.45, 7) is 3.49. The molecule has 1 unspecified atom stereocenters. The number of amides is 1. The summed E-state index contributed by atoms with van der Waals surface area (Å²) in [5, 5.41) is 12.0. The lowest BCUT2D eigenvalue weighted by atomic mass is 10.1. The molecule has 1 amide bonds. The summed E-state index contributed by atoms with van der Waals surface area (Å²) < 4.78 is 0. The van der Waals surface area contributed by atoms with Crippen LogP contribution in [0.1, 0.15) is 13.8 Å². The zero-order valence-corrected chi connectivity index (χ0v) is 12.3. The van der Waals surface area contributed by atoms with Crippen molar-refractivity contribution in [1.29, 1.82) is 0 Å². The number of hydrogen-bond donors (Lipinski definition) is 1. The van der Waals surface area contributed by atoms with Gasteiger partial charge in [-0.15, -0.1) is 4.91 Å². The highest BCUT2D eigenvalue weighted by Crippen LogP contribution is 2.16. The van der Waals surface area contributed by atoms with Gasteiger partial charge in [0, 0.05) is 12.2 Å². The number of nitroso groups, excluding NO2 is 1. The molecule has 1 aromatic rings. The fourth-order valence-electron chi connectivity index (χ4n) is 1.73. The molecule has 0 spiro atoms. The minimum Gasteiger partial charge on any atom is -0.396 e. The lowest BCUT2D eigenvalue weighted by Crippen LogP contribution is -2.36. The van der Waals surface area contributed by atoms with Gasteiger partial charge in [-0.25, -0.2) is 0 Å².